The zero-order chi connectivity index (χ0) is 32.2. The molecule has 0 saturated heterocycles. The predicted octanol–water partition coefficient (Wildman–Crippen LogP) is 11.0. The predicted molar refractivity (Wildman–Crippen MR) is 195 cm³/mol. The van der Waals surface area contributed by atoms with Crippen molar-refractivity contribution >= 4 is 43.6 Å². The van der Waals surface area contributed by atoms with Gasteiger partial charge in [-0.25, -0.2) is 0 Å². The molecular weight excluding hydrogens is 585 g/mol. The molecule has 0 unspecified atom stereocenters. The lowest BCUT2D eigenvalue weighted by molar-refractivity contribution is 1.17. The van der Waals surface area contributed by atoms with Crippen molar-refractivity contribution in [1.29, 1.82) is 10.5 Å². The summed E-state index contributed by atoms with van der Waals surface area (Å²) in [6.45, 7) is 0. The first-order chi connectivity index (χ1) is 23.7. The summed E-state index contributed by atoms with van der Waals surface area (Å²) in [5.74, 6) is 0. The van der Waals surface area contributed by atoms with Gasteiger partial charge in [-0.2, -0.15) is 10.5 Å². The van der Waals surface area contributed by atoms with E-state index >= 15 is 0 Å². The van der Waals surface area contributed by atoms with Gasteiger partial charge in [0.15, 0.2) is 0 Å². The second kappa shape index (κ2) is 10.9. The number of rotatable bonds is 4. The molecule has 48 heavy (non-hydrogen) atoms. The van der Waals surface area contributed by atoms with E-state index in [1.54, 1.807) is 0 Å². The standard InChI is InChI=1S/C44H26N4/c45-27-29-23-24-38-37-18-3-6-20-40(37)47(43(38)25-29)32-13-9-11-30(26-32)33-14-1-2-15-34(33)39-19-10-12-31(28-46)44(39)48-41-21-7-4-16-35(41)36-17-5-8-22-42(36)48/h1-26H. The van der Waals surface area contributed by atoms with Crippen LogP contribution >= 0.6 is 0 Å². The van der Waals surface area contributed by atoms with E-state index in [2.05, 4.69) is 149 Å². The van der Waals surface area contributed by atoms with Crippen molar-refractivity contribution in [3.05, 3.63) is 169 Å². The molecule has 222 valence electrons. The van der Waals surface area contributed by atoms with Gasteiger partial charge in [-0.1, -0.05) is 109 Å². The number of aromatic nitrogens is 2. The maximum Gasteiger partial charge on any atom is 0.101 e. The first-order valence-corrected chi connectivity index (χ1v) is 15.9. The van der Waals surface area contributed by atoms with Crippen LogP contribution in [-0.2, 0) is 0 Å². The molecule has 9 rings (SSSR count). The van der Waals surface area contributed by atoms with Gasteiger partial charge in [-0.05, 0) is 65.2 Å². The lowest BCUT2D eigenvalue weighted by Gasteiger charge is -2.18. The van der Waals surface area contributed by atoms with E-state index in [1.165, 1.54) is 0 Å². The highest BCUT2D eigenvalue weighted by atomic mass is 15.0. The van der Waals surface area contributed by atoms with E-state index in [4.69, 9.17) is 0 Å². The van der Waals surface area contributed by atoms with Crippen LogP contribution in [0.5, 0.6) is 0 Å². The van der Waals surface area contributed by atoms with Crippen molar-refractivity contribution in [1.82, 2.24) is 9.13 Å². The van der Waals surface area contributed by atoms with Gasteiger partial charge in [0, 0.05) is 32.8 Å². The molecule has 7 aromatic carbocycles. The van der Waals surface area contributed by atoms with E-state index in [-0.39, 0.29) is 0 Å². The maximum absolute atomic E-state index is 10.5. The molecule has 0 saturated carbocycles. The molecule has 0 amide bonds. The zero-order valence-electron chi connectivity index (χ0n) is 25.8. The number of hydrogen-bond acceptors (Lipinski definition) is 2. The molecule has 0 aliphatic heterocycles. The molecule has 0 spiro atoms. The molecule has 0 atom stereocenters. The lowest BCUT2D eigenvalue weighted by Crippen LogP contribution is -2.01. The quantitative estimate of drug-likeness (QED) is 0.199. The third kappa shape index (κ3) is 4.07. The van der Waals surface area contributed by atoms with Crippen LogP contribution in [0, 0.1) is 22.7 Å². The molecule has 9 aromatic rings. The maximum atomic E-state index is 10.5. The Morgan fingerprint density at radius 2 is 0.958 bits per heavy atom. The molecule has 0 aliphatic carbocycles. The van der Waals surface area contributed by atoms with Gasteiger partial charge in [-0.3, -0.25) is 0 Å². The normalized spacial score (nSPS) is 11.3. The summed E-state index contributed by atoms with van der Waals surface area (Å²) in [5, 5.41) is 24.8. The Bertz CT molecular complexity index is 2760. The van der Waals surface area contributed by atoms with Gasteiger partial charge in [0.25, 0.3) is 0 Å². The highest BCUT2D eigenvalue weighted by Crippen LogP contribution is 2.41. The van der Waals surface area contributed by atoms with E-state index in [0.717, 1.165) is 77.2 Å². The summed E-state index contributed by atoms with van der Waals surface area (Å²) in [6, 6.07) is 58.9. The first-order valence-electron chi connectivity index (χ1n) is 15.9. The van der Waals surface area contributed by atoms with Crippen LogP contribution in [0.25, 0.3) is 77.2 Å². The number of benzene rings is 7. The Morgan fingerprint density at radius 1 is 0.396 bits per heavy atom. The second-order valence-corrected chi connectivity index (χ2v) is 12.0. The smallest absolute Gasteiger partial charge is 0.101 e. The van der Waals surface area contributed by atoms with Gasteiger partial charge >= 0.3 is 0 Å². The minimum atomic E-state index is 0.612. The summed E-state index contributed by atoms with van der Waals surface area (Å²) in [5.41, 5.74) is 11.5. The van der Waals surface area contributed by atoms with Crippen LogP contribution in [0.3, 0.4) is 0 Å². The van der Waals surface area contributed by atoms with Crippen molar-refractivity contribution in [3.63, 3.8) is 0 Å². The third-order valence-electron chi connectivity index (χ3n) is 9.40. The van der Waals surface area contributed by atoms with Gasteiger partial charge in [0.05, 0.1) is 45.0 Å². The molecule has 0 radical (unpaired) electrons. The number of hydrogen-bond donors (Lipinski definition) is 0. The summed E-state index contributed by atoms with van der Waals surface area (Å²) in [7, 11) is 0. The van der Waals surface area contributed by atoms with Crippen molar-refractivity contribution in [2.24, 2.45) is 0 Å². The molecule has 0 fully saturated rings. The average Bonchev–Trinajstić information content (AvgIpc) is 3.67. The van der Waals surface area contributed by atoms with Crippen LogP contribution in [0.4, 0.5) is 0 Å². The summed E-state index contributed by atoms with van der Waals surface area (Å²) in [6.07, 6.45) is 0. The fraction of sp³-hybridized carbons (Fsp3) is 0. The van der Waals surface area contributed by atoms with Crippen molar-refractivity contribution < 1.29 is 0 Å². The fourth-order valence-electron chi connectivity index (χ4n) is 7.36. The van der Waals surface area contributed by atoms with Crippen LogP contribution in [0.1, 0.15) is 11.1 Å². The summed E-state index contributed by atoms with van der Waals surface area (Å²) < 4.78 is 4.49. The number of nitriles is 2. The van der Waals surface area contributed by atoms with Gasteiger partial charge in [-0.15, -0.1) is 0 Å². The van der Waals surface area contributed by atoms with Gasteiger partial charge in [0.1, 0.15) is 6.07 Å². The average molecular weight is 611 g/mol. The van der Waals surface area contributed by atoms with E-state index in [9.17, 15) is 10.5 Å². The van der Waals surface area contributed by atoms with Crippen molar-refractivity contribution in [2.75, 3.05) is 0 Å². The van der Waals surface area contributed by atoms with E-state index < -0.39 is 0 Å². The van der Waals surface area contributed by atoms with E-state index in [1.807, 2.05) is 30.3 Å². The second-order valence-electron chi connectivity index (χ2n) is 12.0. The Hall–Kier alpha value is -6.88. The molecular formula is C44H26N4. The monoisotopic (exact) mass is 610 g/mol. The summed E-state index contributed by atoms with van der Waals surface area (Å²) >= 11 is 0. The van der Waals surface area contributed by atoms with Crippen LogP contribution in [-0.4, -0.2) is 9.13 Å². The minimum Gasteiger partial charge on any atom is -0.309 e. The van der Waals surface area contributed by atoms with Crippen molar-refractivity contribution in [2.45, 2.75) is 0 Å². The zero-order valence-corrected chi connectivity index (χ0v) is 25.8. The molecule has 2 aromatic heterocycles. The molecule has 4 nitrogen and oxygen atoms in total. The SMILES string of the molecule is N#Cc1ccc2c3ccccc3n(-c3cccc(-c4ccccc4-c4cccc(C#N)c4-n4c5ccccc5c5ccccc54)c3)c2c1. The Labute approximate surface area is 277 Å². The Balaban J connectivity index is 1.29. The lowest BCUT2D eigenvalue weighted by atomic mass is 9.92. The summed E-state index contributed by atoms with van der Waals surface area (Å²) in [4.78, 5) is 0. The molecule has 0 aliphatic rings. The first kappa shape index (κ1) is 27.4. The highest BCUT2D eigenvalue weighted by Gasteiger charge is 2.21. The molecule has 0 bridgehead atoms. The number of nitrogens with zero attached hydrogens (tertiary/aromatic N) is 4. The van der Waals surface area contributed by atoms with Crippen molar-refractivity contribution in [3.8, 4) is 45.8 Å². The molecule has 4 heteroatoms. The van der Waals surface area contributed by atoms with E-state index in [0.29, 0.717) is 11.1 Å². The number of para-hydroxylation sites is 4. The Kier molecular flexibility index (Phi) is 6.22. The van der Waals surface area contributed by atoms with Crippen LogP contribution < -0.4 is 0 Å². The molecule has 2 heterocycles. The third-order valence-corrected chi connectivity index (χ3v) is 9.40. The van der Waals surface area contributed by atoms with Gasteiger partial charge in [0.2, 0.25) is 0 Å². The van der Waals surface area contributed by atoms with Crippen LogP contribution in [0.2, 0.25) is 0 Å². The van der Waals surface area contributed by atoms with Crippen LogP contribution in [0.15, 0.2) is 158 Å². The topological polar surface area (TPSA) is 57.4 Å². The fourth-order valence-corrected chi connectivity index (χ4v) is 7.36. The number of fused-ring (bicyclic) bond motifs is 6. The largest absolute Gasteiger partial charge is 0.309 e. The van der Waals surface area contributed by atoms with Gasteiger partial charge < -0.3 is 9.13 Å². The minimum absolute atomic E-state index is 0.612. The highest BCUT2D eigenvalue weighted by molar-refractivity contribution is 6.11. The Morgan fingerprint density at radius 3 is 1.62 bits per heavy atom. The molecule has 0 N–H and O–H groups in total.